The molecule has 0 spiro atoms. The molecule has 0 saturated carbocycles. The maximum Gasteiger partial charge on any atom is 0.165 e. The van der Waals surface area contributed by atoms with E-state index in [-0.39, 0.29) is 5.75 Å². The van der Waals surface area contributed by atoms with E-state index in [0.717, 1.165) is 34.8 Å². The van der Waals surface area contributed by atoms with Crippen LogP contribution in [0.15, 0.2) is 40.9 Å². The molecule has 0 atom stereocenters. The summed E-state index contributed by atoms with van der Waals surface area (Å²) in [6.07, 6.45) is 0. The van der Waals surface area contributed by atoms with E-state index in [1.54, 1.807) is 12.1 Å². The minimum atomic E-state index is -0.594. The van der Waals surface area contributed by atoms with Gasteiger partial charge in [0.1, 0.15) is 11.6 Å². The van der Waals surface area contributed by atoms with Crippen LogP contribution in [0.2, 0.25) is 0 Å². The lowest BCUT2D eigenvalue weighted by Gasteiger charge is -2.12. The fourth-order valence-electron chi connectivity index (χ4n) is 1.72. The number of halogens is 3. The second-order valence-electron chi connectivity index (χ2n) is 4.21. The van der Waals surface area contributed by atoms with Crippen molar-refractivity contribution < 1.29 is 13.5 Å². The van der Waals surface area contributed by atoms with Crippen molar-refractivity contribution >= 4 is 15.9 Å². The van der Waals surface area contributed by atoms with Crippen LogP contribution in [-0.4, -0.2) is 6.54 Å². The Kier molecular flexibility index (Phi) is 5.09. The van der Waals surface area contributed by atoms with Gasteiger partial charge in [-0.15, -0.1) is 0 Å². The molecule has 0 amide bonds. The van der Waals surface area contributed by atoms with E-state index in [0.29, 0.717) is 12.3 Å². The van der Waals surface area contributed by atoms with E-state index >= 15 is 0 Å². The van der Waals surface area contributed by atoms with Crippen molar-refractivity contribution in [3.05, 3.63) is 58.1 Å². The van der Waals surface area contributed by atoms with Gasteiger partial charge in [0.15, 0.2) is 11.6 Å². The Morgan fingerprint density at radius 2 is 1.90 bits per heavy atom. The molecule has 0 aliphatic rings. The van der Waals surface area contributed by atoms with Crippen LogP contribution >= 0.6 is 15.9 Å². The first-order valence-electron chi connectivity index (χ1n) is 6.22. The van der Waals surface area contributed by atoms with Gasteiger partial charge in [-0.2, -0.15) is 0 Å². The van der Waals surface area contributed by atoms with E-state index in [1.165, 1.54) is 0 Å². The zero-order valence-electron chi connectivity index (χ0n) is 10.9. The van der Waals surface area contributed by atoms with Crippen LogP contribution in [0.5, 0.6) is 11.5 Å². The summed E-state index contributed by atoms with van der Waals surface area (Å²) in [6.45, 7) is 3.38. The lowest BCUT2D eigenvalue weighted by Crippen LogP contribution is -2.12. The van der Waals surface area contributed by atoms with Gasteiger partial charge in [-0.25, -0.2) is 8.78 Å². The SMILES string of the molecule is CCNCc1cc(Br)ccc1Oc1cc(F)ccc1F. The van der Waals surface area contributed by atoms with Crippen LogP contribution in [0.3, 0.4) is 0 Å². The largest absolute Gasteiger partial charge is 0.454 e. The lowest BCUT2D eigenvalue weighted by molar-refractivity contribution is 0.430. The average molecular weight is 342 g/mol. The third kappa shape index (κ3) is 3.77. The molecule has 0 saturated heterocycles. The van der Waals surface area contributed by atoms with E-state index in [4.69, 9.17) is 4.74 Å². The summed E-state index contributed by atoms with van der Waals surface area (Å²) in [7, 11) is 0. The van der Waals surface area contributed by atoms with Crippen LogP contribution < -0.4 is 10.1 Å². The molecule has 5 heteroatoms. The summed E-state index contributed by atoms with van der Waals surface area (Å²) in [5.41, 5.74) is 0.866. The number of ether oxygens (including phenoxy) is 1. The smallest absolute Gasteiger partial charge is 0.165 e. The Morgan fingerprint density at radius 3 is 2.65 bits per heavy atom. The van der Waals surface area contributed by atoms with Gasteiger partial charge in [0, 0.05) is 22.6 Å². The van der Waals surface area contributed by atoms with Gasteiger partial charge < -0.3 is 10.1 Å². The first-order valence-corrected chi connectivity index (χ1v) is 7.01. The fraction of sp³-hybridized carbons (Fsp3) is 0.200. The Labute approximate surface area is 124 Å². The second kappa shape index (κ2) is 6.81. The Balaban J connectivity index is 2.30. The summed E-state index contributed by atoms with van der Waals surface area (Å²) in [5, 5.41) is 3.18. The standard InChI is InChI=1S/C15H14BrF2NO/c1-2-19-9-10-7-11(16)3-6-14(10)20-15-8-12(17)4-5-13(15)18/h3-8,19H,2,9H2,1H3. The topological polar surface area (TPSA) is 21.3 Å². The molecular formula is C15H14BrF2NO. The Morgan fingerprint density at radius 1 is 1.10 bits per heavy atom. The highest BCUT2D eigenvalue weighted by Gasteiger charge is 2.10. The molecule has 2 nitrogen and oxygen atoms in total. The number of rotatable bonds is 5. The zero-order chi connectivity index (χ0) is 14.5. The average Bonchev–Trinajstić information content (AvgIpc) is 2.43. The third-order valence-corrected chi connectivity index (χ3v) is 3.19. The minimum absolute atomic E-state index is 0.120. The quantitative estimate of drug-likeness (QED) is 0.856. The molecule has 0 unspecified atom stereocenters. The van der Waals surface area contributed by atoms with Crippen molar-refractivity contribution in [2.24, 2.45) is 0 Å². The molecule has 0 heterocycles. The minimum Gasteiger partial charge on any atom is -0.454 e. The molecule has 1 N–H and O–H groups in total. The summed E-state index contributed by atoms with van der Waals surface area (Å²) in [5.74, 6) is -0.751. The first-order chi connectivity index (χ1) is 9.60. The van der Waals surface area contributed by atoms with E-state index in [1.807, 2.05) is 13.0 Å². The molecular weight excluding hydrogens is 328 g/mol. The van der Waals surface area contributed by atoms with Gasteiger partial charge >= 0.3 is 0 Å². The summed E-state index contributed by atoms with van der Waals surface area (Å²) in [6, 6.07) is 8.55. The van der Waals surface area contributed by atoms with Crippen LogP contribution in [0.1, 0.15) is 12.5 Å². The molecule has 2 aromatic carbocycles. The number of benzene rings is 2. The van der Waals surface area contributed by atoms with Crippen molar-refractivity contribution in [2.75, 3.05) is 6.54 Å². The van der Waals surface area contributed by atoms with Crippen LogP contribution in [0.25, 0.3) is 0 Å². The highest BCUT2D eigenvalue weighted by molar-refractivity contribution is 9.10. The van der Waals surface area contributed by atoms with E-state index in [2.05, 4.69) is 21.2 Å². The predicted octanol–water partition coefficient (Wildman–Crippen LogP) is 4.63. The Bertz CT molecular complexity index is 604. The molecule has 0 bridgehead atoms. The van der Waals surface area contributed by atoms with Crippen molar-refractivity contribution in [1.29, 1.82) is 0 Å². The van der Waals surface area contributed by atoms with Crippen molar-refractivity contribution in [3.8, 4) is 11.5 Å². The van der Waals surface area contributed by atoms with Gasteiger partial charge in [-0.1, -0.05) is 22.9 Å². The number of nitrogens with one attached hydrogen (secondary N) is 1. The Hall–Kier alpha value is -1.46. The van der Waals surface area contributed by atoms with Crippen molar-refractivity contribution in [2.45, 2.75) is 13.5 Å². The van der Waals surface area contributed by atoms with Crippen LogP contribution in [0.4, 0.5) is 8.78 Å². The van der Waals surface area contributed by atoms with Crippen LogP contribution in [-0.2, 0) is 6.54 Å². The van der Waals surface area contributed by atoms with E-state index < -0.39 is 11.6 Å². The number of hydrogen-bond acceptors (Lipinski definition) is 2. The summed E-state index contributed by atoms with van der Waals surface area (Å²) in [4.78, 5) is 0. The lowest BCUT2D eigenvalue weighted by atomic mass is 10.2. The van der Waals surface area contributed by atoms with Gasteiger partial charge in [-0.3, -0.25) is 0 Å². The second-order valence-corrected chi connectivity index (χ2v) is 5.12. The third-order valence-electron chi connectivity index (χ3n) is 2.70. The van der Waals surface area contributed by atoms with Gasteiger partial charge in [0.05, 0.1) is 0 Å². The van der Waals surface area contributed by atoms with Gasteiger partial charge in [0.2, 0.25) is 0 Å². The predicted molar refractivity (Wildman–Crippen MR) is 78.0 cm³/mol. The zero-order valence-corrected chi connectivity index (χ0v) is 12.5. The maximum atomic E-state index is 13.6. The van der Waals surface area contributed by atoms with Crippen molar-refractivity contribution in [3.63, 3.8) is 0 Å². The highest BCUT2D eigenvalue weighted by atomic mass is 79.9. The molecule has 0 aromatic heterocycles. The fourth-order valence-corrected chi connectivity index (χ4v) is 2.13. The molecule has 0 fully saturated rings. The number of hydrogen-bond donors (Lipinski definition) is 1. The van der Waals surface area contributed by atoms with E-state index in [9.17, 15) is 8.78 Å². The van der Waals surface area contributed by atoms with Gasteiger partial charge in [0.25, 0.3) is 0 Å². The molecule has 0 aliphatic carbocycles. The van der Waals surface area contributed by atoms with Crippen LogP contribution in [0, 0.1) is 11.6 Å². The summed E-state index contributed by atoms with van der Waals surface area (Å²) >= 11 is 3.38. The molecule has 0 aliphatic heterocycles. The molecule has 20 heavy (non-hydrogen) atoms. The monoisotopic (exact) mass is 341 g/mol. The first kappa shape index (κ1) is 14.9. The summed E-state index contributed by atoms with van der Waals surface area (Å²) < 4.78 is 33.2. The van der Waals surface area contributed by atoms with Crippen molar-refractivity contribution in [1.82, 2.24) is 5.32 Å². The maximum absolute atomic E-state index is 13.6. The molecule has 2 rings (SSSR count). The highest BCUT2D eigenvalue weighted by Crippen LogP contribution is 2.30. The molecule has 0 radical (unpaired) electrons. The normalized spacial score (nSPS) is 10.6. The van der Waals surface area contributed by atoms with Gasteiger partial charge in [-0.05, 0) is 36.9 Å². The molecule has 106 valence electrons. The molecule has 2 aromatic rings.